The zero-order chi connectivity index (χ0) is 6.85. The lowest BCUT2D eigenvalue weighted by atomic mass is 10.00. The highest BCUT2D eigenvalue weighted by molar-refractivity contribution is 5.38. The van der Waals surface area contributed by atoms with Gasteiger partial charge < -0.3 is 0 Å². The van der Waals surface area contributed by atoms with Gasteiger partial charge in [-0.2, -0.15) is 0 Å². The summed E-state index contributed by atoms with van der Waals surface area (Å²) in [4.78, 5) is 0. The van der Waals surface area contributed by atoms with Crippen molar-refractivity contribution in [2.24, 2.45) is 5.92 Å². The molecule has 1 rings (SSSR count). The fourth-order valence-corrected chi connectivity index (χ4v) is 1.11. The van der Waals surface area contributed by atoms with Gasteiger partial charge in [0.05, 0.1) is 0 Å². The Bertz CT molecular complexity index is 182. The maximum atomic E-state index is 3.88. The molecule has 0 spiro atoms. The quantitative estimate of drug-likeness (QED) is 0.499. The van der Waals surface area contributed by atoms with Crippen molar-refractivity contribution >= 4 is 0 Å². The molecule has 0 radical (unpaired) electrons. The Labute approximate surface area is 56.6 Å². The van der Waals surface area contributed by atoms with Gasteiger partial charge in [-0.3, -0.25) is 0 Å². The molecule has 0 aromatic carbocycles. The Balaban J connectivity index is 2.76. The van der Waals surface area contributed by atoms with E-state index in [0.717, 1.165) is 0 Å². The minimum Gasteiger partial charge on any atom is -0.0958 e. The van der Waals surface area contributed by atoms with Crippen LogP contribution in [-0.2, 0) is 0 Å². The summed E-state index contributed by atoms with van der Waals surface area (Å²) in [6, 6.07) is 0. The van der Waals surface area contributed by atoms with Crippen molar-refractivity contribution in [1.82, 2.24) is 0 Å². The second-order valence-corrected chi connectivity index (χ2v) is 2.58. The second kappa shape index (κ2) is 2.22. The predicted octanol–water partition coefficient (Wildman–Crippen LogP) is 2.69. The highest BCUT2D eigenvalue weighted by atomic mass is 14.1. The van der Waals surface area contributed by atoms with Crippen molar-refractivity contribution in [3.8, 4) is 0 Å². The van der Waals surface area contributed by atoms with E-state index in [0.29, 0.717) is 5.92 Å². The monoisotopic (exact) mass is 120 g/mol. The average Bonchev–Trinajstić information content (AvgIpc) is 2.13. The smallest absolute Gasteiger partial charge is 0.000491 e. The minimum absolute atomic E-state index is 0.586. The Morgan fingerprint density at radius 3 is 2.56 bits per heavy atom. The van der Waals surface area contributed by atoms with Crippen LogP contribution in [-0.4, -0.2) is 0 Å². The van der Waals surface area contributed by atoms with Gasteiger partial charge >= 0.3 is 0 Å². The van der Waals surface area contributed by atoms with Crippen LogP contribution in [0.1, 0.15) is 13.8 Å². The van der Waals surface area contributed by atoms with Crippen LogP contribution in [0, 0.1) is 5.92 Å². The summed E-state index contributed by atoms with van der Waals surface area (Å²) in [5, 5.41) is 0. The van der Waals surface area contributed by atoms with Crippen molar-refractivity contribution in [3.63, 3.8) is 0 Å². The fourth-order valence-electron chi connectivity index (χ4n) is 1.11. The molecule has 9 heavy (non-hydrogen) atoms. The van der Waals surface area contributed by atoms with Gasteiger partial charge in [0, 0.05) is 0 Å². The van der Waals surface area contributed by atoms with Crippen molar-refractivity contribution < 1.29 is 0 Å². The maximum Gasteiger partial charge on any atom is -0.000491 e. The lowest BCUT2D eigenvalue weighted by molar-refractivity contribution is 0.892. The summed E-state index contributed by atoms with van der Waals surface area (Å²) < 4.78 is 0. The molecule has 0 N–H and O–H groups in total. The molecule has 0 aromatic heterocycles. The van der Waals surface area contributed by atoms with E-state index >= 15 is 0 Å². The summed E-state index contributed by atoms with van der Waals surface area (Å²) in [7, 11) is 0. The molecule has 0 aromatic rings. The van der Waals surface area contributed by atoms with Crippen LogP contribution >= 0.6 is 0 Å². The molecule has 0 bridgehead atoms. The van der Waals surface area contributed by atoms with Gasteiger partial charge in [0.15, 0.2) is 0 Å². The first-order valence-corrected chi connectivity index (χ1v) is 3.26. The largest absolute Gasteiger partial charge is 0.0958 e. The second-order valence-electron chi connectivity index (χ2n) is 2.58. The lowest BCUT2D eigenvalue weighted by Gasteiger charge is -2.05. The topological polar surface area (TPSA) is 0 Å². The summed E-state index contributed by atoms with van der Waals surface area (Å²) in [5.74, 6) is 0.586. The Morgan fingerprint density at radius 1 is 1.67 bits per heavy atom. The highest BCUT2D eigenvalue weighted by Gasteiger charge is 2.07. The first kappa shape index (κ1) is 6.34. The van der Waals surface area contributed by atoms with E-state index in [2.05, 4.69) is 38.7 Å². The third-order valence-electron chi connectivity index (χ3n) is 1.66. The molecular formula is C9H12. The third kappa shape index (κ3) is 1.13. The molecular weight excluding hydrogens is 108 g/mol. The van der Waals surface area contributed by atoms with Gasteiger partial charge in [-0.05, 0) is 18.4 Å². The highest BCUT2D eigenvalue weighted by Crippen LogP contribution is 2.23. The van der Waals surface area contributed by atoms with Gasteiger partial charge in [-0.1, -0.05) is 37.3 Å². The average molecular weight is 120 g/mol. The first-order valence-electron chi connectivity index (χ1n) is 3.26. The maximum absolute atomic E-state index is 3.88. The van der Waals surface area contributed by atoms with Gasteiger partial charge in [-0.15, -0.1) is 0 Å². The third-order valence-corrected chi connectivity index (χ3v) is 1.66. The summed E-state index contributed by atoms with van der Waals surface area (Å²) in [5.41, 5.74) is 2.56. The van der Waals surface area contributed by atoms with Crippen LogP contribution < -0.4 is 0 Å². The predicted molar refractivity (Wildman–Crippen MR) is 41.2 cm³/mol. The van der Waals surface area contributed by atoms with Crippen molar-refractivity contribution in [3.05, 3.63) is 36.0 Å². The molecule has 1 atom stereocenters. The van der Waals surface area contributed by atoms with Crippen molar-refractivity contribution in [2.75, 3.05) is 0 Å². The van der Waals surface area contributed by atoms with Crippen LogP contribution in [0.3, 0.4) is 0 Å². The van der Waals surface area contributed by atoms with E-state index in [9.17, 15) is 0 Å². The van der Waals surface area contributed by atoms with Crippen LogP contribution in [0.5, 0.6) is 0 Å². The van der Waals surface area contributed by atoms with E-state index in [1.54, 1.807) is 0 Å². The number of hydrogen-bond acceptors (Lipinski definition) is 0. The molecule has 1 aliphatic carbocycles. The van der Waals surface area contributed by atoms with E-state index < -0.39 is 0 Å². The molecule has 0 saturated heterocycles. The van der Waals surface area contributed by atoms with Crippen LogP contribution in [0.15, 0.2) is 36.0 Å². The van der Waals surface area contributed by atoms with Crippen molar-refractivity contribution in [1.29, 1.82) is 0 Å². The zero-order valence-corrected chi connectivity index (χ0v) is 6.02. The minimum atomic E-state index is 0.586. The summed E-state index contributed by atoms with van der Waals surface area (Å²) >= 11 is 0. The van der Waals surface area contributed by atoms with Crippen LogP contribution in [0.2, 0.25) is 0 Å². The van der Waals surface area contributed by atoms with Gasteiger partial charge in [0.25, 0.3) is 0 Å². The van der Waals surface area contributed by atoms with Crippen LogP contribution in [0.4, 0.5) is 0 Å². The fraction of sp³-hybridized carbons (Fsp3) is 0.333. The van der Waals surface area contributed by atoms with Crippen LogP contribution in [0.25, 0.3) is 0 Å². The van der Waals surface area contributed by atoms with E-state index in [1.165, 1.54) is 11.1 Å². The number of rotatable bonds is 1. The molecule has 0 fully saturated rings. The molecule has 0 saturated carbocycles. The molecule has 0 heterocycles. The molecule has 0 nitrogen and oxygen atoms in total. The van der Waals surface area contributed by atoms with Gasteiger partial charge in [0.2, 0.25) is 0 Å². The SMILES string of the molecule is C=C(C)C1=CC=CC1C. The standard InChI is InChI=1S/C9H12/c1-7(2)9-6-4-5-8(9)3/h4-6,8H,1H2,2-3H3. The first-order chi connectivity index (χ1) is 4.22. The van der Waals surface area contributed by atoms with E-state index in [1.807, 2.05) is 0 Å². The molecule has 0 aliphatic heterocycles. The molecule has 1 unspecified atom stereocenters. The molecule has 48 valence electrons. The summed E-state index contributed by atoms with van der Waals surface area (Å²) in [6.45, 7) is 8.11. The Kier molecular flexibility index (Phi) is 1.56. The number of hydrogen-bond donors (Lipinski definition) is 0. The summed E-state index contributed by atoms with van der Waals surface area (Å²) in [6.07, 6.45) is 6.41. The Morgan fingerprint density at radius 2 is 2.33 bits per heavy atom. The lowest BCUT2D eigenvalue weighted by Crippen LogP contribution is -1.91. The van der Waals surface area contributed by atoms with E-state index in [-0.39, 0.29) is 0 Å². The normalized spacial score (nSPS) is 24.2. The number of allylic oxidation sites excluding steroid dienone is 5. The van der Waals surface area contributed by atoms with Gasteiger partial charge in [0.1, 0.15) is 0 Å². The molecule has 0 amide bonds. The molecule has 0 heteroatoms. The van der Waals surface area contributed by atoms with Crippen molar-refractivity contribution in [2.45, 2.75) is 13.8 Å². The Hall–Kier alpha value is -0.780. The van der Waals surface area contributed by atoms with E-state index in [4.69, 9.17) is 0 Å². The zero-order valence-electron chi connectivity index (χ0n) is 6.02. The molecule has 1 aliphatic rings. The van der Waals surface area contributed by atoms with Gasteiger partial charge in [-0.25, -0.2) is 0 Å².